The highest BCUT2D eigenvalue weighted by Gasteiger charge is 2.44. The van der Waals surface area contributed by atoms with E-state index in [2.05, 4.69) is 5.32 Å². The number of rotatable bonds is 7. The zero-order chi connectivity index (χ0) is 15.2. The van der Waals surface area contributed by atoms with E-state index in [-0.39, 0.29) is 6.54 Å². The topological polar surface area (TPSA) is 58.6 Å². The smallest absolute Gasteiger partial charge is 0.403 e. The van der Waals surface area contributed by atoms with Gasteiger partial charge in [0.25, 0.3) is 0 Å². The summed E-state index contributed by atoms with van der Waals surface area (Å²) in [6.45, 7) is 1.79. The number of hydrogen-bond acceptors (Lipinski definition) is 3. The Balaban J connectivity index is 2.55. The lowest BCUT2D eigenvalue weighted by molar-refractivity contribution is -0.192. The van der Waals surface area contributed by atoms with Gasteiger partial charge in [-0.05, 0) is 24.6 Å². The SMILES string of the molecule is CCOc1cccc(CNCC(C(=O)O)C(F)(F)F)c1. The van der Waals surface area contributed by atoms with Crippen LogP contribution in [0.5, 0.6) is 5.75 Å². The normalized spacial score (nSPS) is 13.0. The molecule has 0 fully saturated rings. The molecule has 0 amide bonds. The zero-order valence-electron chi connectivity index (χ0n) is 10.9. The van der Waals surface area contributed by atoms with E-state index in [4.69, 9.17) is 9.84 Å². The van der Waals surface area contributed by atoms with Crippen LogP contribution in [0.3, 0.4) is 0 Å². The summed E-state index contributed by atoms with van der Waals surface area (Å²) < 4.78 is 42.5. The molecule has 0 bridgehead atoms. The first-order valence-corrected chi connectivity index (χ1v) is 6.06. The van der Waals surface area contributed by atoms with Crippen molar-refractivity contribution >= 4 is 5.97 Å². The van der Waals surface area contributed by atoms with Gasteiger partial charge in [-0.2, -0.15) is 13.2 Å². The first-order valence-electron chi connectivity index (χ1n) is 6.06. The molecular formula is C13H16F3NO3. The summed E-state index contributed by atoms with van der Waals surface area (Å²) in [4.78, 5) is 10.5. The number of nitrogens with one attached hydrogen (secondary N) is 1. The Morgan fingerprint density at radius 3 is 2.70 bits per heavy atom. The lowest BCUT2D eigenvalue weighted by Gasteiger charge is -2.16. The third-order valence-corrected chi connectivity index (χ3v) is 2.58. The molecule has 0 aromatic heterocycles. The van der Waals surface area contributed by atoms with Gasteiger partial charge >= 0.3 is 12.1 Å². The summed E-state index contributed by atoms with van der Waals surface area (Å²) in [7, 11) is 0. The summed E-state index contributed by atoms with van der Waals surface area (Å²) >= 11 is 0. The van der Waals surface area contributed by atoms with E-state index in [0.717, 1.165) is 5.56 Å². The molecule has 1 atom stereocenters. The molecular weight excluding hydrogens is 275 g/mol. The van der Waals surface area contributed by atoms with Crippen molar-refractivity contribution in [1.29, 1.82) is 0 Å². The molecule has 1 unspecified atom stereocenters. The van der Waals surface area contributed by atoms with Gasteiger partial charge in [-0.3, -0.25) is 4.79 Å². The summed E-state index contributed by atoms with van der Waals surface area (Å²) in [6.07, 6.45) is -4.76. The van der Waals surface area contributed by atoms with E-state index in [1.165, 1.54) is 0 Å². The molecule has 4 nitrogen and oxygen atoms in total. The van der Waals surface area contributed by atoms with E-state index in [0.29, 0.717) is 12.4 Å². The van der Waals surface area contributed by atoms with Crippen molar-refractivity contribution in [2.24, 2.45) is 5.92 Å². The molecule has 1 aromatic carbocycles. The predicted molar refractivity (Wildman–Crippen MR) is 66.5 cm³/mol. The second-order valence-corrected chi connectivity index (χ2v) is 4.14. The van der Waals surface area contributed by atoms with Crippen LogP contribution < -0.4 is 10.1 Å². The third-order valence-electron chi connectivity index (χ3n) is 2.58. The van der Waals surface area contributed by atoms with Crippen molar-refractivity contribution in [2.45, 2.75) is 19.6 Å². The third kappa shape index (κ3) is 5.08. The second kappa shape index (κ2) is 7.14. The monoisotopic (exact) mass is 291 g/mol. The van der Waals surface area contributed by atoms with Crippen LogP contribution in [0.15, 0.2) is 24.3 Å². The van der Waals surface area contributed by atoms with Crippen molar-refractivity contribution < 1.29 is 27.8 Å². The van der Waals surface area contributed by atoms with Crippen LogP contribution in [-0.2, 0) is 11.3 Å². The van der Waals surface area contributed by atoms with Crippen molar-refractivity contribution in [3.8, 4) is 5.75 Å². The molecule has 112 valence electrons. The maximum Gasteiger partial charge on any atom is 0.403 e. The van der Waals surface area contributed by atoms with Crippen molar-refractivity contribution in [2.75, 3.05) is 13.2 Å². The largest absolute Gasteiger partial charge is 0.494 e. The minimum atomic E-state index is -4.76. The minimum Gasteiger partial charge on any atom is -0.494 e. The predicted octanol–water partition coefficient (Wildman–Crippen LogP) is 2.44. The Hall–Kier alpha value is -1.76. The number of carboxylic acid groups (broad SMARTS) is 1. The molecule has 0 heterocycles. The van der Waals surface area contributed by atoms with Crippen molar-refractivity contribution in [3.63, 3.8) is 0 Å². The van der Waals surface area contributed by atoms with Crippen LogP contribution >= 0.6 is 0 Å². The van der Waals surface area contributed by atoms with Gasteiger partial charge in [-0.15, -0.1) is 0 Å². The van der Waals surface area contributed by atoms with Gasteiger partial charge in [0, 0.05) is 13.1 Å². The van der Waals surface area contributed by atoms with Gasteiger partial charge in [0.15, 0.2) is 5.92 Å². The van der Waals surface area contributed by atoms with E-state index < -0.39 is 24.6 Å². The highest BCUT2D eigenvalue weighted by atomic mass is 19.4. The summed E-state index contributed by atoms with van der Waals surface area (Å²) in [5.74, 6) is -3.66. The molecule has 7 heteroatoms. The van der Waals surface area contributed by atoms with E-state index in [9.17, 15) is 18.0 Å². The van der Waals surface area contributed by atoms with Gasteiger partial charge in [-0.25, -0.2) is 0 Å². The first kappa shape index (κ1) is 16.3. The molecule has 0 aliphatic heterocycles. The number of hydrogen-bond donors (Lipinski definition) is 2. The molecule has 0 saturated heterocycles. The molecule has 20 heavy (non-hydrogen) atoms. The number of halogens is 3. The second-order valence-electron chi connectivity index (χ2n) is 4.14. The molecule has 0 radical (unpaired) electrons. The first-order chi connectivity index (χ1) is 9.34. The Morgan fingerprint density at radius 2 is 2.15 bits per heavy atom. The number of benzene rings is 1. The summed E-state index contributed by atoms with van der Waals surface area (Å²) in [5, 5.41) is 11.0. The van der Waals surface area contributed by atoms with Gasteiger partial charge in [-0.1, -0.05) is 12.1 Å². The Morgan fingerprint density at radius 1 is 1.45 bits per heavy atom. The molecule has 0 spiro atoms. The maximum atomic E-state index is 12.4. The fourth-order valence-electron chi connectivity index (χ4n) is 1.62. The van der Waals surface area contributed by atoms with Crippen LogP contribution in [-0.4, -0.2) is 30.4 Å². The van der Waals surface area contributed by atoms with Gasteiger partial charge in [0.1, 0.15) is 5.75 Å². The van der Waals surface area contributed by atoms with Crippen molar-refractivity contribution in [3.05, 3.63) is 29.8 Å². The van der Waals surface area contributed by atoms with Crippen LogP contribution in [0, 0.1) is 5.92 Å². The highest BCUT2D eigenvalue weighted by molar-refractivity contribution is 5.71. The quantitative estimate of drug-likeness (QED) is 0.810. The Labute approximate surface area is 114 Å². The number of carboxylic acids is 1. The lowest BCUT2D eigenvalue weighted by atomic mass is 10.1. The van der Waals surface area contributed by atoms with E-state index in [1.807, 2.05) is 6.92 Å². The van der Waals surface area contributed by atoms with Crippen LogP contribution in [0.1, 0.15) is 12.5 Å². The summed E-state index contributed by atoms with van der Waals surface area (Å²) in [6, 6.07) is 6.88. The highest BCUT2D eigenvalue weighted by Crippen LogP contribution is 2.26. The van der Waals surface area contributed by atoms with E-state index >= 15 is 0 Å². The molecule has 0 saturated carbocycles. The molecule has 0 aliphatic rings. The van der Waals surface area contributed by atoms with Crippen LogP contribution in [0.4, 0.5) is 13.2 Å². The average molecular weight is 291 g/mol. The number of ether oxygens (including phenoxy) is 1. The molecule has 2 N–H and O–H groups in total. The minimum absolute atomic E-state index is 0.140. The van der Waals surface area contributed by atoms with Crippen molar-refractivity contribution in [1.82, 2.24) is 5.32 Å². The van der Waals surface area contributed by atoms with E-state index in [1.54, 1.807) is 24.3 Å². The fraction of sp³-hybridized carbons (Fsp3) is 0.462. The number of aliphatic carboxylic acids is 1. The molecule has 0 aliphatic carbocycles. The number of carbonyl (C=O) groups is 1. The van der Waals surface area contributed by atoms with Gasteiger partial charge in [0.2, 0.25) is 0 Å². The standard InChI is InChI=1S/C13H16F3NO3/c1-2-20-10-5-3-4-9(6-10)7-17-8-11(12(18)19)13(14,15)16/h3-6,11,17H,2,7-8H2,1H3,(H,18,19). The summed E-state index contributed by atoms with van der Waals surface area (Å²) in [5.41, 5.74) is 0.724. The Kier molecular flexibility index (Phi) is 5.82. The molecule has 1 aromatic rings. The lowest BCUT2D eigenvalue weighted by Crippen LogP contribution is -2.38. The van der Waals surface area contributed by atoms with Crippen LogP contribution in [0.25, 0.3) is 0 Å². The maximum absolute atomic E-state index is 12.4. The fourth-order valence-corrected chi connectivity index (χ4v) is 1.62. The van der Waals surface area contributed by atoms with Gasteiger partial charge < -0.3 is 15.2 Å². The zero-order valence-corrected chi connectivity index (χ0v) is 10.9. The average Bonchev–Trinajstić information content (AvgIpc) is 2.33. The number of alkyl halides is 3. The van der Waals surface area contributed by atoms with Gasteiger partial charge in [0.05, 0.1) is 6.61 Å². The Bertz CT molecular complexity index is 449. The molecule has 1 rings (SSSR count). The van der Waals surface area contributed by atoms with Crippen LogP contribution in [0.2, 0.25) is 0 Å².